The number of carboxylic acids is 2. The number of carbonyl (C=O) groups excluding carboxylic acids is 3. The first-order valence-electron chi connectivity index (χ1n) is 13.6. The van der Waals surface area contributed by atoms with Gasteiger partial charge in [0.2, 0.25) is 11.8 Å². The van der Waals surface area contributed by atoms with Gasteiger partial charge in [-0.3, -0.25) is 14.4 Å². The minimum atomic E-state index is -1.41. The van der Waals surface area contributed by atoms with Crippen LogP contribution in [-0.4, -0.2) is 68.4 Å². The third kappa shape index (κ3) is 11.0. The number of aromatic hydroxyl groups is 2. The number of carbonyl (C=O) groups is 5. The number of benzene rings is 3. The van der Waals surface area contributed by atoms with Gasteiger partial charge in [-0.25, -0.2) is 9.59 Å². The van der Waals surface area contributed by atoms with E-state index < -0.39 is 54.4 Å². The van der Waals surface area contributed by atoms with E-state index in [1.165, 1.54) is 48.5 Å². The Kier molecular flexibility index (Phi) is 12.1. The highest BCUT2D eigenvalue weighted by Crippen LogP contribution is 2.14. The third-order valence-corrected chi connectivity index (χ3v) is 6.47. The van der Waals surface area contributed by atoms with Crippen molar-refractivity contribution in [2.24, 2.45) is 0 Å². The van der Waals surface area contributed by atoms with Crippen LogP contribution in [0.15, 0.2) is 78.9 Å². The summed E-state index contributed by atoms with van der Waals surface area (Å²) in [5.74, 6) is -4.38. The fourth-order valence-electron chi connectivity index (χ4n) is 4.13. The maximum absolute atomic E-state index is 13.4. The van der Waals surface area contributed by atoms with E-state index in [1.807, 2.05) is 0 Å². The zero-order valence-electron chi connectivity index (χ0n) is 23.5. The Labute approximate surface area is 252 Å². The molecule has 3 aromatic rings. The number of hydrogen-bond donors (Lipinski definition) is 7. The van der Waals surface area contributed by atoms with Gasteiger partial charge in [-0.1, -0.05) is 54.6 Å². The molecule has 44 heavy (non-hydrogen) atoms. The van der Waals surface area contributed by atoms with Crippen LogP contribution < -0.4 is 16.0 Å². The molecule has 0 unspecified atom stereocenters. The van der Waals surface area contributed by atoms with Crippen LogP contribution in [0.4, 0.5) is 4.79 Å². The number of hydrogen-bond acceptors (Lipinski definition) is 8. The van der Waals surface area contributed by atoms with E-state index >= 15 is 0 Å². The number of ether oxygens (including phenoxy) is 1. The highest BCUT2D eigenvalue weighted by Gasteiger charge is 2.30. The van der Waals surface area contributed by atoms with Gasteiger partial charge in [-0.2, -0.15) is 0 Å². The molecule has 0 heterocycles. The van der Waals surface area contributed by atoms with Crippen LogP contribution in [0.3, 0.4) is 0 Å². The molecular weight excluding hydrogens is 574 g/mol. The molecule has 0 saturated heterocycles. The van der Waals surface area contributed by atoms with E-state index in [1.54, 1.807) is 30.3 Å². The molecule has 0 radical (unpaired) electrons. The monoisotopic (exact) mass is 607 g/mol. The summed E-state index contributed by atoms with van der Waals surface area (Å²) in [5.41, 5.74) is 1.70. The number of rotatable bonds is 15. The maximum Gasteiger partial charge on any atom is 0.408 e. The molecule has 3 atom stereocenters. The van der Waals surface area contributed by atoms with Crippen LogP contribution in [0.2, 0.25) is 0 Å². The van der Waals surface area contributed by atoms with Gasteiger partial charge >= 0.3 is 18.0 Å². The van der Waals surface area contributed by atoms with Crippen LogP contribution in [0, 0.1) is 0 Å². The molecule has 0 fully saturated rings. The first-order chi connectivity index (χ1) is 21.0. The Bertz CT molecular complexity index is 1430. The second-order valence-electron chi connectivity index (χ2n) is 9.89. The topological polar surface area (TPSA) is 212 Å². The van der Waals surface area contributed by atoms with E-state index in [0.717, 1.165) is 0 Å². The molecule has 13 nitrogen and oxygen atoms in total. The third-order valence-electron chi connectivity index (χ3n) is 6.47. The average molecular weight is 608 g/mol. The fraction of sp³-hybridized carbons (Fsp3) is 0.258. The van der Waals surface area contributed by atoms with Crippen LogP contribution >= 0.6 is 0 Å². The number of carboxylic acid groups (broad SMARTS) is 2. The first-order valence-corrected chi connectivity index (χ1v) is 13.6. The number of phenols is 2. The number of amides is 3. The van der Waals surface area contributed by atoms with Crippen molar-refractivity contribution in [1.82, 2.24) is 16.0 Å². The molecule has 232 valence electrons. The van der Waals surface area contributed by atoms with Crippen molar-refractivity contribution in [1.29, 1.82) is 0 Å². The largest absolute Gasteiger partial charge is 0.508 e. The minimum Gasteiger partial charge on any atom is -0.508 e. The van der Waals surface area contributed by atoms with Crippen molar-refractivity contribution < 1.29 is 49.1 Å². The lowest BCUT2D eigenvalue weighted by atomic mass is 10.0. The normalized spacial score (nSPS) is 12.6. The summed E-state index contributed by atoms with van der Waals surface area (Å²) in [6.07, 6.45) is -2.06. The van der Waals surface area contributed by atoms with E-state index in [0.29, 0.717) is 16.7 Å². The molecule has 3 rings (SSSR count). The second kappa shape index (κ2) is 16.2. The van der Waals surface area contributed by atoms with E-state index in [4.69, 9.17) is 4.74 Å². The van der Waals surface area contributed by atoms with Gasteiger partial charge in [-0.15, -0.1) is 0 Å². The Hall–Kier alpha value is -5.59. The molecule has 0 aromatic heterocycles. The molecule has 3 amide bonds. The average Bonchev–Trinajstić information content (AvgIpc) is 2.99. The summed E-state index contributed by atoms with van der Waals surface area (Å²) in [4.78, 5) is 62.5. The SMILES string of the molecule is O=C(O)CC[C@H](NC(=O)OCc1ccccc1)C(=O)N[C@@H](Cc1ccc(O)cc1)C(=O)N[C@@H](Cc1ccc(O)cc1)C(=O)O. The van der Waals surface area contributed by atoms with Gasteiger partial charge in [0, 0.05) is 19.3 Å². The fourth-order valence-corrected chi connectivity index (χ4v) is 4.13. The van der Waals surface area contributed by atoms with Gasteiger partial charge in [0.1, 0.15) is 36.2 Å². The lowest BCUT2D eigenvalue weighted by Gasteiger charge is -2.24. The van der Waals surface area contributed by atoms with Crippen molar-refractivity contribution in [3.05, 3.63) is 95.6 Å². The highest BCUT2D eigenvalue weighted by molar-refractivity contribution is 5.93. The van der Waals surface area contributed by atoms with Crippen molar-refractivity contribution in [3.8, 4) is 11.5 Å². The summed E-state index contributed by atoms with van der Waals surface area (Å²) in [6.45, 7) is -0.108. The molecule has 3 aromatic carbocycles. The van der Waals surface area contributed by atoms with Crippen molar-refractivity contribution in [2.45, 2.75) is 50.4 Å². The Morgan fingerprint density at radius 2 is 1.11 bits per heavy atom. The van der Waals surface area contributed by atoms with Gasteiger partial charge in [0.25, 0.3) is 0 Å². The van der Waals surface area contributed by atoms with E-state index in [2.05, 4.69) is 16.0 Å². The molecule has 13 heteroatoms. The molecule has 7 N–H and O–H groups in total. The number of aliphatic carboxylic acids is 2. The molecular formula is C31H33N3O10. The minimum absolute atomic E-state index is 0.0173. The summed E-state index contributed by atoms with van der Waals surface area (Å²) in [5, 5.41) is 45.3. The molecule has 0 bridgehead atoms. The van der Waals surface area contributed by atoms with E-state index in [9.17, 15) is 44.4 Å². The smallest absolute Gasteiger partial charge is 0.408 e. The predicted molar refractivity (Wildman–Crippen MR) is 156 cm³/mol. The molecule has 0 spiro atoms. The predicted octanol–water partition coefficient (Wildman–Crippen LogP) is 2.10. The second-order valence-corrected chi connectivity index (χ2v) is 9.89. The Morgan fingerprint density at radius 1 is 0.614 bits per heavy atom. The standard InChI is InChI=1S/C31H33N3O10/c35-22-10-6-19(7-11-22)16-25(29(40)33-26(30(41)42)17-20-8-12-23(36)13-9-20)32-28(39)24(14-15-27(37)38)34-31(43)44-18-21-4-2-1-3-5-21/h1-13,24-26,35-36H,14-18H2,(H,32,39)(H,33,40)(H,34,43)(H,37,38)(H,41,42)/t24-,25-,26-/m0/s1. The molecule has 0 aliphatic rings. The van der Waals surface area contributed by atoms with Gasteiger partial charge < -0.3 is 41.1 Å². The Balaban J connectivity index is 1.77. The molecule has 0 aliphatic heterocycles. The van der Waals surface area contributed by atoms with Crippen molar-refractivity contribution >= 4 is 29.8 Å². The van der Waals surface area contributed by atoms with Gasteiger partial charge in [0.15, 0.2) is 0 Å². The zero-order valence-corrected chi connectivity index (χ0v) is 23.5. The first kappa shape index (κ1) is 32.9. The quantitative estimate of drug-likeness (QED) is 0.134. The summed E-state index contributed by atoms with van der Waals surface area (Å²) < 4.78 is 5.16. The Morgan fingerprint density at radius 3 is 1.64 bits per heavy atom. The van der Waals surface area contributed by atoms with E-state index in [-0.39, 0.29) is 37.4 Å². The van der Waals surface area contributed by atoms with Crippen molar-refractivity contribution in [2.75, 3.05) is 0 Å². The summed E-state index contributed by atoms with van der Waals surface area (Å²) in [6, 6.07) is 16.1. The van der Waals surface area contributed by atoms with Gasteiger partial charge in [-0.05, 0) is 47.4 Å². The van der Waals surface area contributed by atoms with Crippen molar-refractivity contribution in [3.63, 3.8) is 0 Å². The molecule has 0 aliphatic carbocycles. The maximum atomic E-state index is 13.4. The number of phenolic OH excluding ortho intramolecular Hbond substituents is 2. The lowest BCUT2D eigenvalue weighted by molar-refractivity contribution is -0.142. The highest BCUT2D eigenvalue weighted by atomic mass is 16.5. The number of nitrogens with one attached hydrogen (secondary N) is 3. The lowest BCUT2D eigenvalue weighted by Crippen LogP contribution is -2.56. The number of alkyl carbamates (subject to hydrolysis) is 1. The van der Waals surface area contributed by atoms with Crippen LogP contribution in [0.25, 0.3) is 0 Å². The summed E-state index contributed by atoms with van der Waals surface area (Å²) >= 11 is 0. The molecule has 0 saturated carbocycles. The van der Waals surface area contributed by atoms with Crippen LogP contribution in [0.1, 0.15) is 29.5 Å². The summed E-state index contributed by atoms with van der Waals surface area (Å²) in [7, 11) is 0. The van der Waals surface area contributed by atoms with Crippen LogP contribution in [0.5, 0.6) is 11.5 Å². The van der Waals surface area contributed by atoms with Crippen LogP contribution in [-0.2, 0) is 43.4 Å². The zero-order chi connectivity index (χ0) is 32.1. The van der Waals surface area contributed by atoms with Gasteiger partial charge in [0.05, 0.1) is 0 Å².